The van der Waals surface area contributed by atoms with Crippen LogP contribution in [0.2, 0.25) is 0 Å². The largest absolute Gasteiger partial charge is 0.497 e. The molecule has 3 aromatic carbocycles. The van der Waals surface area contributed by atoms with E-state index in [1.165, 1.54) is 4.90 Å². The first-order valence-electron chi connectivity index (χ1n) is 11.0. The second kappa shape index (κ2) is 9.43. The van der Waals surface area contributed by atoms with Gasteiger partial charge in [-0.1, -0.05) is 48.0 Å². The molecule has 0 bridgehead atoms. The van der Waals surface area contributed by atoms with E-state index in [2.05, 4.69) is 5.32 Å². The maximum Gasteiger partial charge on any atom is 0.278 e. The molecule has 2 amide bonds. The van der Waals surface area contributed by atoms with E-state index in [1.54, 1.807) is 32.4 Å². The molecule has 6 heteroatoms. The lowest BCUT2D eigenvalue weighted by molar-refractivity contribution is -0.137. The Bertz CT molecular complexity index is 1290. The summed E-state index contributed by atoms with van der Waals surface area (Å²) in [5, 5.41) is 3.19. The van der Waals surface area contributed by atoms with Crippen molar-refractivity contribution in [3.05, 3.63) is 94.2 Å². The highest BCUT2D eigenvalue weighted by Gasteiger charge is 2.39. The number of rotatable bonds is 7. The molecular weight excluding hydrogens is 428 g/mol. The lowest BCUT2D eigenvalue weighted by Gasteiger charge is -2.16. The van der Waals surface area contributed by atoms with Gasteiger partial charge in [0.05, 0.1) is 32.0 Å². The molecule has 0 aromatic heterocycles. The predicted octanol–water partition coefficient (Wildman–Crippen LogP) is 5.02. The standard InChI is InChI=1S/C28H28N2O4/c1-17-6-9-20(10-7-17)16-30-27(31)25(21-11-8-18(2)19(3)14-21)26(28(30)32)29-23-13-12-22(33-4)15-24(23)34-5/h6-15,29H,16H2,1-5H3. The molecule has 1 N–H and O–H groups in total. The van der Waals surface area contributed by atoms with Crippen molar-refractivity contribution in [1.82, 2.24) is 4.90 Å². The topological polar surface area (TPSA) is 67.9 Å². The summed E-state index contributed by atoms with van der Waals surface area (Å²) in [4.78, 5) is 28.4. The second-order valence-electron chi connectivity index (χ2n) is 8.42. The molecule has 0 spiro atoms. The normalized spacial score (nSPS) is 13.5. The molecule has 0 unspecified atom stereocenters. The van der Waals surface area contributed by atoms with Crippen molar-refractivity contribution < 1.29 is 19.1 Å². The number of nitrogens with one attached hydrogen (secondary N) is 1. The number of aryl methyl sites for hydroxylation is 3. The Morgan fingerprint density at radius 2 is 1.53 bits per heavy atom. The molecule has 1 heterocycles. The number of hydrogen-bond donors (Lipinski definition) is 1. The fourth-order valence-corrected chi connectivity index (χ4v) is 3.91. The van der Waals surface area contributed by atoms with Gasteiger partial charge in [0, 0.05) is 6.07 Å². The first-order valence-corrected chi connectivity index (χ1v) is 11.0. The number of benzene rings is 3. The molecule has 0 atom stereocenters. The maximum atomic E-state index is 13.6. The van der Waals surface area contributed by atoms with E-state index in [0.717, 1.165) is 22.3 Å². The molecule has 0 fully saturated rings. The van der Waals surface area contributed by atoms with Gasteiger partial charge in [-0.15, -0.1) is 0 Å². The van der Waals surface area contributed by atoms with Gasteiger partial charge in [0.15, 0.2) is 0 Å². The molecule has 0 radical (unpaired) electrons. The summed E-state index contributed by atoms with van der Waals surface area (Å²) >= 11 is 0. The number of amides is 2. The van der Waals surface area contributed by atoms with Crippen LogP contribution in [-0.2, 0) is 16.1 Å². The third kappa shape index (κ3) is 4.39. The predicted molar refractivity (Wildman–Crippen MR) is 133 cm³/mol. The molecular formula is C28H28N2O4. The molecule has 3 aromatic rings. The molecule has 34 heavy (non-hydrogen) atoms. The summed E-state index contributed by atoms with van der Waals surface area (Å²) in [6.07, 6.45) is 0. The van der Waals surface area contributed by atoms with Gasteiger partial charge < -0.3 is 14.8 Å². The molecule has 1 aliphatic heterocycles. The third-order valence-corrected chi connectivity index (χ3v) is 6.09. The van der Waals surface area contributed by atoms with Crippen LogP contribution in [0.1, 0.15) is 27.8 Å². The fourth-order valence-electron chi connectivity index (χ4n) is 3.91. The summed E-state index contributed by atoms with van der Waals surface area (Å²) in [6.45, 7) is 6.20. The number of carbonyl (C=O) groups is 2. The van der Waals surface area contributed by atoms with Gasteiger partial charge in [-0.05, 0) is 55.2 Å². The van der Waals surface area contributed by atoms with Gasteiger partial charge in [-0.3, -0.25) is 14.5 Å². The van der Waals surface area contributed by atoms with E-state index >= 15 is 0 Å². The Labute approximate surface area is 199 Å². The highest BCUT2D eigenvalue weighted by molar-refractivity contribution is 6.36. The minimum atomic E-state index is -0.378. The Morgan fingerprint density at radius 1 is 0.794 bits per heavy atom. The molecule has 0 aliphatic carbocycles. The first-order chi connectivity index (χ1) is 16.3. The SMILES string of the molecule is COc1ccc(NC2=C(c3ccc(C)c(C)c3)C(=O)N(Cc3ccc(C)cc3)C2=O)c(OC)c1. The number of imide groups is 1. The smallest absolute Gasteiger partial charge is 0.278 e. The summed E-state index contributed by atoms with van der Waals surface area (Å²) in [6, 6.07) is 18.9. The average molecular weight is 457 g/mol. The van der Waals surface area contributed by atoms with Crippen LogP contribution in [0.4, 0.5) is 5.69 Å². The van der Waals surface area contributed by atoms with Crippen LogP contribution in [0.5, 0.6) is 11.5 Å². The number of ether oxygens (including phenoxy) is 2. The van der Waals surface area contributed by atoms with Gasteiger partial charge in [-0.2, -0.15) is 0 Å². The molecule has 1 aliphatic rings. The Hall–Kier alpha value is -4.06. The zero-order valence-corrected chi connectivity index (χ0v) is 20.1. The summed E-state index contributed by atoms with van der Waals surface area (Å²) in [7, 11) is 3.12. The Kier molecular flexibility index (Phi) is 6.41. The van der Waals surface area contributed by atoms with Crippen LogP contribution < -0.4 is 14.8 Å². The quantitative estimate of drug-likeness (QED) is 0.506. The summed E-state index contributed by atoms with van der Waals surface area (Å²) in [5.41, 5.74) is 6.00. The average Bonchev–Trinajstić information content (AvgIpc) is 3.06. The number of nitrogens with zero attached hydrogens (tertiary/aromatic N) is 1. The first kappa shape index (κ1) is 23.1. The second-order valence-corrected chi connectivity index (χ2v) is 8.42. The zero-order valence-electron chi connectivity index (χ0n) is 20.1. The summed E-state index contributed by atoms with van der Waals surface area (Å²) in [5.74, 6) is 0.421. The van der Waals surface area contributed by atoms with Crippen molar-refractivity contribution in [3.63, 3.8) is 0 Å². The molecule has 6 nitrogen and oxygen atoms in total. The fraction of sp³-hybridized carbons (Fsp3) is 0.214. The molecule has 4 rings (SSSR count). The van der Waals surface area contributed by atoms with E-state index in [4.69, 9.17) is 9.47 Å². The van der Waals surface area contributed by atoms with Crippen LogP contribution in [-0.4, -0.2) is 30.9 Å². The van der Waals surface area contributed by atoms with Gasteiger partial charge in [0.2, 0.25) is 0 Å². The maximum absolute atomic E-state index is 13.6. The van der Waals surface area contributed by atoms with E-state index in [-0.39, 0.29) is 24.1 Å². The van der Waals surface area contributed by atoms with Crippen molar-refractivity contribution in [3.8, 4) is 11.5 Å². The van der Waals surface area contributed by atoms with Crippen LogP contribution in [0.3, 0.4) is 0 Å². The van der Waals surface area contributed by atoms with E-state index in [0.29, 0.717) is 28.3 Å². The third-order valence-electron chi connectivity index (χ3n) is 6.09. The summed E-state index contributed by atoms with van der Waals surface area (Å²) < 4.78 is 10.8. The number of hydrogen-bond acceptors (Lipinski definition) is 5. The van der Waals surface area contributed by atoms with Gasteiger partial charge in [0.1, 0.15) is 17.2 Å². The van der Waals surface area contributed by atoms with Gasteiger partial charge in [0.25, 0.3) is 11.8 Å². The molecule has 0 saturated heterocycles. The van der Waals surface area contributed by atoms with E-state index in [9.17, 15) is 9.59 Å². The van der Waals surface area contributed by atoms with Gasteiger partial charge in [-0.25, -0.2) is 0 Å². The Balaban J connectivity index is 1.78. The number of methoxy groups -OCH3 is 2. The Morgan fingerprint density at radius 3 is 2.18 bits per heavy atom. The van der Waals surface area contributed by atoms with E-state index in [1.807, 2.05) is 63.2 Å². The highest BCUT2D eigenvalue weighted by atomic mass is 16.5. The van der Waals surface area contributed by atoms with Crippen LogP contribution in [0.15, 0.2) is 66.4 Å². The molecule has 174 valence electrons. The van der Waals surface area contributed by atoms with Crippen molar-refractivity contribution in [2.45, 2.75) is 27.3 Å². The minimum Gasteiger partial charge on any atom is -0.497 e. The van der Waals surface area contributed by atoms with Crippen molar-refractivity contribution in [1.29, 1.82) is 0 Å². The van der Waals surface area contributed by atoms with Crippen LogP contribution in [0.25, 0.3) is 5.57 Å². The van der Waals surface area contributed by atoms with Crippen LogP contribution >= 0.6 is 0 Å². The lowest BCUT2D eigenvalue weighted by atomic mass is 9.99. The van der Waals surface area contributed by atoms with Gasteiger partial charge >= 0.3 is 0 Å². The van der Waals surface area contributed by atoms with Crippen molar-refractivity contribution in [2.24, 2.45) is 0 Å². The van der Waals surface area contributed by atoms with Crippen molar-refractivity contribution in [2.75, 3.05) is 19.5 Å². The zero-order chi connectivity index (χ0) is 24.4. The minimum absolute atomic E-state index is 0.192. The van der Waals surface area contributed by atoms with Crippen LogP contribution in [0, 0.1) is 20.8 Å². The molecule has 0 saturated carbocycles. The highest BCUT2D eigenvalue weighted by Crippen LogP contribution is 2.36. The lowest BCUT2D eigenvalue weighted by Crippen LogP contribution is -2.32. The monoisotopic (exact) mass is 456 g/mol. The van der Waals surface area contributed by atoms with E-state index < -0.39 is 0 Å². The van der Waals surface area contributed by atoms with Crippen molar-refractivity contribution >= 4 is 23.1 Å². The number of anilines is 1. The number of carbonyl (C=O) groups excluding carboxylic acids is 2.